The topological polar surface area (TPSA) is 71.2 Å². The number of aromatic nitrogens is 3. The monoisotopic (exact) mass is 538 g/mol. The Bertz CT molecular complexity index is 1520. The van der Waals surface area contributed by atoms with Gasteiger partial charge in [-0.25, -0.2) is 18.7 Å². The molecular formula is C29H29ClF2N4O2. The number of carbonyl (C=O) groups excluding carboxylic acids is 1. The van der Waals surface area contributed by atoms with E-state index in [0.29, 0.717) is 47.2 Å². The van der Waals surface area contributed by atoms with Crippen molar-refractivity contribution in [2.24, 2.45) is 13.0 Å². The number of hydrogen-bond acceptors (Lipinski definition) is 4. The highest BCUT2D eigenvalue weighted by molar-refractivity contribution is 6.34. The number of carbonyl (C=O) groups is 1. The van der Waals surface area contributed by atoms with Gasteiger partial charge in [0.25, 0.3) is 5.91 Å². The van der Waals surface area contributed by atoms with E-state index in [2.05, 4.69) is 9.97 Å². The molecule has 0 bridgehead atoms. The smallest absolute Gasteiger partial charge is 0.255 e. The van der Waals surface area contributed by atoms with E-state index >= 15 is 0 Å². The van der Waals surface area contributed by atoms with E-state index in [-0.39, 0.29) is 11.8 Å². The van der Waals surface area contributed by atoms with Crippen molar-refractivity contribution in [3.05, 3.63) is 82.4 Å². The van der Waals surface area contributed by atoms with Gasteiger partial charge in [0.1, 0.15) is 17.2 Å². The molecule has 3 heterocycles. The van der Waals surface area contributed by atoms with Crippen LogP contribution in [0.15, 0.2) is 48.8 Å². The number of rotatable bonds is 5. The molecule has 2 aromatic carbocycles. The van der Waals surface area contributed by atoms with Gasteiger partial charge in [-0.2, -0.15) is 0 Å². The first-order valence-corrected chi connectivity index (χ1v) is 13.0. The Morgan fingerprint density at radius 1 is 1.16 bits per heavy atom. The van der Waals surface area contributed by atoms with E-state index in [0.717, 1.165) is 35.4 Å². The zero-order valence-corrected chi connectivity index (χ0v) is 22.3. The van der Waals surface area contributed by atoms with Crippen LogP contribution in [0.4, 0.5) is 8.78 Å². The molecule has 1 fully saturated rings. The molecule has 0 unspecified atom stereocenters. The number of amides is 1. The maximum atomic E-state index is 14.1. The Kier molecular flexibility index (Phi) is 6.96. The number of aliphatic hydroxyl groups is 1. The maximum absolute atomic E-state index is 14.1. The third kappa shape index (κ3) is 5.15. The van der Waals surface area contributed by atoms with Gasteiger partial charge < -0.3 is 14.6 Å². The van der Waals surface area contributed by atoms with Crippen LogP contribution in [0.3, 0.4) is 0 Å². The van der Waals surface area contributed by atoms with Crippen molar-refractivity contribution in [3.8, 4) is 11.3 Å². The summed E-state index contributed by atoms with van der Waals surface area (Å²) in [5.74, 6) is -0.751. The molecule has 0 saturated carbocycles. The minimum atomic E-state index is -1.19. The minimum Gasteiger partial charge on any atom is -0.382 e. The fourth-order valence-corrected chi connectivity index (χ4v) is 5.32. The summed E-state index contributed by atoms with van der Waals surface area (Å²) < 4.78 is 29.3. The third-order valence-corrected chi connectivity index (χ3v) is 7.53. The van der Waals surface area contributed by atoms with Crippen molar-refractivity contribution >= 4 is 28.4 Å². The fourth-order valence-electron chi connectivity index (χ4n) is 5.08. The van der Waals surface area contributed by atoms with Crippen LogP contribution in [0.1, 0.15) is 48.4 Å². The van der Waals surface area contributed by atoms with Crippen molar-refractivity contribution in [2.75, 3.05) is 13.1 Å². The highest BCUT2D eigenvalue weighted by Crippen LogP contribution is 2.34. The van der Waals surface area contributed by atoms with E-state index in [4.69, 9.17) is 11.6 Å². The molecule has 0 radical (unpaired) electrons. The number of halogens is 3. The molecule has 4 aromatic rings. The predicted octanol–water partition coefficient (Wildman–Crippen LogP) is 5.89. The van der Waals surface area contributed by atoms with Gasteiger partial charge in [-0.1, -0.05) is 17.7 Å². The molecule has 9 heteroatoms. The first-order chi connectivity index (χ1) is 18.0. The molecule has 0 atom stereocenters. The second-order valence-electron chi connectivity index (χ2n) is 10.5. The van der Waals surface area contributed by atoms with Crippen LogP contribution >= 0.6 is 11.6 Å². The molecule has 2 aromatic heterocycles. The first kappa shape index (κ1) is 26.3. The van der Waals surface area contributed by atoms with E-state index in [1.807, 2.05) is 17.8 Å². The Labute approximate surface area is 224 Å². The summed E-state index contributed by atoms with van der Waals surface area (Å²) in [6.45, 7) is 4.32. The van der Waals surface area contributed by atoms with Crippen molar-refractivity contribution in [1.29, 1.82) is 0 Å². The van der Waals surface area contributed by atoms with Crippen LogP contribution < -0.4 is 0 Å². The Morgan fingerprint density at radius 2 is 1.89 bits per heavy atom. The number of likely N-dealkylation sites (tertiary alicyclic amines) is 1. The zero-order valence-electron chi connectivity index (χ0n) is 21.5. The van der Waals surface area contributed by atoms with Crippen LogP contribution in [0.25, 0.3) is 22.2 Å². The lowest BCUT2D eigenvalue weighted by Gasteiger charge is -2.32. The van der Waals surface area contributed by atoms with Crippen molar-refractivity contribution in [2.45, 2.75) is 38.7 Å². The van der Waals surface area contributed by atoms with E-state index in [1.165, 1.54) is 12.1 Å². The van der Waals surface area contributed by atoms with Crippen LogP contribution in [-0.2, 0) is 19.1 Å². The lowest BCUT2D eigenvalue weighted by Crippen LogP contribution is -2.39. The molecule has 198 valence electrons. The van der Waals surface area contributed by atoms with E-state index in [9.17, 15) is 18.7 Å². The predicted molar refractivity (Wildman–Crippen MR) is 143 cm³/mol. The van der Waals surface area contributed by atoms with Gasteiger partial charge in [0.15, 0.2) is 5.82 Å². The van der Waals surface area contributed by atoms with Gasteiger partial charge in [-0.05, 0) is 68.9 Å². The third-order valence-electron chi connectivity index (χ3n) is 7.21. The molecule has 1 saturated heterocycles. The molecule has 1 amide bonds. The van der Waals surface area contributed by atoms with Gasteiger partial charge in [0.05, 0.1) is 16.3 Å². The van der Waals surface area contributed by atoms with E-state index < -0.39 is 17.2 Å². The Balaban J connectivity index is 1.38. The number of aryl methyl sites for hydroxylation is 1. The molecule has 1 aliphatic rings. The number of piperidine rings is 1. The number of nitrogens with zero attached hydrogens (tertiary/aromatic N) is 4. The number of hydrogen-bond donors (Lipinski definition) is 1. The van der Waals surface area contributed by atoms with Gasteiger partial charge in [0, 0.05) is 55.1 Å². The van der Waals surface area contributed by atoms with Crippen LogP contribution in [0.2, 0.25) is 5.02 Å². The molecule has 38 heavy (non-hydrogen) atoms. The Morgan fingerprint density at radius 3 is 2.58 bits per heavy atom. The van der Waals surface area contributed by atoms with Crippen molar-refractivity contribution in [1.82, 2.24) is 19.4 Å². The Hall–Kier alpha value is -3.36. The molecule has 6 nitrogen and oxygen atoms in total. The second-order valence-corrected chi connectivity index (χ2v) is 10.9. The summed E-state index contributed by atoms with van der Waals surface area (Å²) in [4.78, 5) is 24.1. The van der Waals surface area contributed by atoms with Gasteiger partial charge in [-0.15, -0.1) is 0 Å². The second kappa shape index (κ2) is 10.1. The molecule has 0 aliphatic carbocycles. The quantitative estimate of drug-likeness (QED) is 0.344. The minimum absolute atomic E-state index is 0.155. The average molecular weight is 539 g/mol. The van der Waals surface area contributed by atoms with Crippen molar-refractivity contribution in [3.63, 3.8) is 0 Å². The molecule has 1 N–H and O–H groups in total. The maximum Gasteiger partial charge on any atom is 0.255 e. The average Bonchev–Trinajstić information content (AvgIpc) is 3.20. The van der Waals surface area contributed by atoms with Gasteiger partial charge in [0.2, 0.25) is 0 Å². The summed E-state index contributed by atoms with van der Waals surface area (Å²) in [6, 6.07) is 9.06. The summed E-state index contributed by atoms with van der Waals surface area (Å²) in [5, 5.41) is 11.6. The molecule has 1 aliphatic heterocycles. The summed E-state index contributed by atoms with van der Waals surface area (Å²) in [6.07, 6.45) is 5.49. The van der Waals surface area contributed by atoms with Crippen LogP contribution in [-0.4, -0.2) is 43.5 Å². The zero-order chi connectivity index (χ0) is 27.2. The van der Waals surface area contributed by atoms with E-state index in [1.54, 1.807) is 43.1 Å². The standard InChI is InChI=1S/C29H29ClF2N4O2/c1-29(2,38)28-33-9-6-25(34-28)22-16-35(3)26-15-23(30)21(14-20(22)26)27(37)36-10-7-17(8-11-36)12-18-4-5-19(31)13-24(18)32/h4-6,9,13-17,38H,7-8,10-12H2,1-3H3. The normalized spacial score (nSPS) is 14.9. The highest BCUT2D eigenvalue weighted by atomic mass is 35.5. The number of fused-ring (bicyclic) bond motifs is 1. The van der Waals surface area contributed by atoms with Crippen LogP contribution in [0, 0.1) is 17.6 Å². The fraction of sp³-hybridized carbons (Fsp3) is 0.345. The van der Waals surface area contributed by atoms with Crippen LogP contribution in [0.5, 0.6) is 0 Å². The summed E-state index contributed by atoms with van der Waals surface area (Å²) >= 11 is 6.60. The van der Waals surface area contributed by atoms with Gasteiger partial charge >= 0.3 is 0 Å². The lowest BCUT2D eigenvalue weighted by molar-refractivity contribution is 0.0683. The first-order valence-electron chi connectivity index (χ1n) is 12.6. The largest absolute Gasteiger partial charge is 0.382 e. The molecule has 5 rings (SSSR count). The molecule has 0 spiro atoms. The SMILES string of the molecule is Cn1cc(-c2ccnc(C(C)(C)O)n2)c2cc(C(=O)N3CCC(Cc4ccc(F)cc4F)CC3)c(Cl)cc21. The lowest BCUT2D eigenvalue weighted by atomic mass is 9.89. The summed E-state index contributed by atoms with van der Waals surface area (Å²) in [7, 11) is 1.90. The molecular weight excluding hydrogens is 510 g/mol. The van der Waals surface area contributed by atoms with Gasteiger partial charge in [-0.3, -0.25) is 4.79 Å². The summed E-state index contributed by atoms with van der Waals surface area (Å²) in [5.41, 5.74) is 2.01. The number of benzene rings is 2. The highest BCUT2D eigenvalue weighted by Gasteiger charge is 2.27. The van der Waals surface area contributed by atoms with Crippen molar-refractivity contribution < 1.29 is 18.7 Å².